The Morgan fingerprint density at radius 1 is 1.07 bits per heavy atom. The van der Waals surface area contributed by atoms with Crippen molar-refractivity contribution in [1.82, 2.24) is 4.90 Å². The quantitative estimate of drug-likeness (QED) is 0.578. The molecule has 0 fully saturated rings. The summed E-state index contributed by atoms with van der Waals surface area (Å²) in [4.78, 5) is 6.54. The lowest BCUT2D eigenvalue weighted by molar-refractivity contribution is 0.126. The Balaban J connectivity index is 2.94. The van der Waals surface area contributed by atoms with Crippen molar-refractivity contribution in [3.8, 4) is 0 Å². The highest BCUT2D eigenvalue weighted by atomic mass is 15.2. The second-order valence-electron chi connectivity index (χ2n) is 6.00. The summed E-state index contributed by atoms with van der Waals surface area (Å²) in [5.41, 5.74) is 0.377. The van der Waals surface area contributed by atoms with Gasteiger partial charge in [0.2, 0.25) is 0 Å². The molecule has 2 nitrogen and oxygen atoms in total. The van der Waals surface area contributed by atoms with Gasteiger partial charge in [-0.05, 0) is 32.3 Å². The van der Waals surface area contributed by atoms with E-state index < -0.39 is 0 Å². The normalized spacial score (nSPS) is 23.0. The molecule has 1 unspecified atom stereocenters. The van der Waals surface area contributed by atoms with Gasteiger partial charge in [-0.2, -0.15) is 0 Å². The molecule has 0 aromatic rings. The van der Waals surface area contributed by atoms with Gasteiger partial charge in [0.25, 0.3) is 0 Å². The molecule has 1 aliphatic heterocycles. The molecule has 1 rings (SSSR count). The van der Waals surface area contributed by atoms with Gasteiger partial charge in [-0.15, -0.1) is 0 Å². The topological polar surface area (TPSA) is 15.6 Å². The van der Waals surface area contributed by atoms with Crippen LogP contribution in [0.25, 0.3) is 0 Å². The third kappa shape index (κ3) is 2.37. The molecule has 80 valence electrons. The van der Waals surface area contributed by atoms with E-state index in [1.54, 1.807) is 0 Å². The van der Waals surface area contributed by atoms with Gasteiger partial charge in [-0.25, -0.2) is 4.99 Å². The largest absolute Gasteiger partial charge is 0.351 e. The highest BCUT2D eigenvalue weighted by molar-refractivity contribution is 5.60. The van der Waals surface area contributed by atoms with Crippen LogP contribution in [-0.4, -0.2) is 22.8 Å². The van der Waals surface area contributed by atoms with Crippen LogP contribution in [0.2, 0.25) is 0 Å². The summed E-state index contributed by atoms with van der Waals surface area (Å²) >= 11 is 0. The minimum atomic E-state index is 0.131. The fraction of sp³-hybridized carbons (Fsp3) is 0.750. The van der Waals surface area contributed by atoms with Crippen LogP contribution in [-0.2, 0) is 0 Å². The second-order valence-corrected chi connectivity index (χ2v) is 6.00. The monoisotopic (exact) mass is 194 g/mol. The molecule has 1 atom stereocenters. The molecule has 2 heteroatoms. The zero-order valence-electron chi connectivity index (χ0n) is 10.2. The minimum Gasteiger partial charge on any atom is -0.351 e. The van der Waals surface area contributed by atoms with Crippen LogP contribution in [0.15, 0.2) is 17.3 Å². The first-order valence-corrected chi connectivity index (χ1v) is 5.21. The van der Waals surface area contributed by atoms with Crippen LogP contribution >= 0.6 is 0 Å². The van der Waals surface area contributed by atoms with Crippen molar-refractivity contribution < 1.29 is 0 Å². The van der Waals surface area contributed by atoms with E-state index in [0.717, 1.165) is 0 Å². The summed E-state index contributed by atoms with van der Waals surface area (Å²) in [6.45, 7) is 13.4. The van der Waals surface area contributed by atoms with Gasteiger partial charge < -0.3 is 4.90 Å². The number of nitrogens with zero attached hydrogens (tertiary/aromatic N) is 2. The van der Waals surface area contributed by atoms with Crippen molar-refractivity contribution in [3.05, 3.63) is 12.3 Å². The number of aliphatic imine (C=N–C) groups is 1. The lowest BCUT2D eigenvalue weighted by Gasteiger charge is -2.46. The van der Waals surface area contributed by atoms with Crippen LogP contribution in [0.1, 0.15) is 41.5 Å². The van der Waals surface area contributed by atoms with Crippen LogP contribution in [0.5, 0.6) is 0 Å². The summed E-state index contributed by atoms with van der Waals surface area (Å²) in [5, 5.41) is 0. The van der Waals surface area contributed by atoms with Crippen LogP contribution in [0.4, 0.5) is 0 Å². The fourth-order valence-corrected chi connectivity index (χ4v) is 1.70. The van der Waals surface area contributed by atoms with Gasteiger partial charge in [0, 0.05) is 11.7 Å². The summed E-state index contributed by atoms with van der Waals surface area (Å²) in [5.74, 6) is 0. The molecule has 0 saturated heterocycles. The smallest absolute Gasteiger partial charge is 0.0914 e. The van der Waals surface area contributed by atoms with Crippen molar-refractivity contribution in [1.29, 1.82) is 0 Å². The van der Waals surface area contributed by atoms with E-state index in [4.69, 9.17) is 0 Å². The molecule has 1 heterocycles. The fourth-order valence-electron chi connectivity index (χ4n) is 1.70. The van der Waals surface area contributed by atoms with Gasteiger partial charge in [0.1, 0.15) is 0 Å². The highest BCUT2D eigenvalue weighted by Crippen LogP contribution is 2.30. The van der Waals surface area contributed by atoms with Gasteiger partial charge in [-0.3, -0.25) is 0 Å². The molecule has 0 spiro atoms. The third-order valence-corrected chi connectivity index (χ3v) is 2.51. The van der Waals surface area contributed by atoms with Crippen LogP contribution in [0, 0.1) is 5.41 Å². The van der Waals surface area contributed by atoms with E-state index in [9.17, 15) is 0 Å². The average molecular weight is 194 g/mol. The summed E-state index contributed by atoms with van der Waals surface area (Å²) in [6.07, 6.45) is 6.04. The average Bonchev–Trinajstić information content (AvgIpc) is 2.01. The lowest BCUT2D eigenvalue weighted by atomic mass is 9.83. The van der Waals surface area contributed by atoms with E-state index in [2.05, 4.69) is 57.5 Å². The predicted octanol–water partition coefficient (Wildman–Crippen LogP) is 3.06. The third-order valence-electron chi connectivity index (χ3n) is 2.51. The van der Waals surface area contributed by atoms with E-state index in [-0.39, 0.29) is 11.0 Å². The highest BCUT2D eigenvalue weighted by Gasteiger charge is 2.33. The molecule has 0 radical (unpaired) electrons. The molecule has 0 bridgehead atoms. The number of hydrogen-bond acceptors (Lipinski definition) is 2. The Morgan fingerprint density at radius 2 is 1.64 bits per heavy atom. The minimum absolute atomic E-state index is 0.131. The first kappa shape index (κ1) is 11.3. The van der Waals surface area contributed by atoms with Crippen LogP contribution in [0.3, 0.4) is 0 Å². The van der Waals surface area contributed by atoms with Gasteiger partial charge in [0.05, 0.1) is 12.4 Å². The van der Waals surface area contributed by atoms with Crippen molar-refractivity contribution in [2.45, 2.75) is 53.1 Å². The number of hydrogen-bond donors (Lipinski definition) is 0. The summed E-state index contributed by atoms with van der Waals surface area (Å²) in [7, 11) is 0. The van der Waals surface area contributed by atoms with Crippen molar-refractivity contribution in [2.75, 3.05) is 0 Å². The Bertz CT molecular complexity index is 222. The first-order chi connectivity index (χ1) is 6.23. The Morgan fingerprint density at radius 3 is 2.00 bits per heavy atom. The van der Waals surface area contributed by atoms with Crippen LogP contribution < -0.4 is 0 Å². The predicted molar refractivity (Wildman–Crippen MR) is 62.5 cm³/mol. The van der Waals surface area contributed by atoms with Crippen molar-refractivity contribution >= 4 is 6.34 Å². The maximum atomic E-state index is 4.21. The molecule has 1 aliphatic rings. The molecule has 0 saturated carbocycles. The van der Waals surface area contributed by atoms with Gasteiger partial charge >= 0.3 is 0 Å². The molecular weight excluding hydrogens is 172 g/mol. The van der Waals surface area contributed by atoms with E-state index >= 15 is 0 Å². The summed E-state index contributed by atoms with van der Waals surface area (Å²) < 4.78 is 0. The van der Waals surface area contributed by atoms with Gasteiger partial charge in [0.15, 0.2) is 0 Å². The molecular formula is C12H22N2. The lowest BCUT2D eigenvalue weighted by Crippen LogP contribution is -2.52. The molecule has 14 heavy (non-hydrogen) atoms. The zero-order valence-corrected chi connectivity index (χ0v) is 10.2. The summed E-state index contributed by atoms with van der Waals surface area (Å²) in [6, 6.07) is 0.431. The number of rotatable bonds is 0. The Kier molecular flexibility index (Phi) is 2.75. The Labute approximate surface area is 87.7 Å². The first-order valence-electron chi connectivity index (χ1n) is 5.21. The maximum Gasteiger partial charge on any atom is 0.0914 e. The molecule has 0 aromatic heterocycles. The zero-order chi connectivity index (χ0) is 11.0. The Hall–Kier alpha value is -0.790. The molecule has 0 N–H and O–H groups in total. The van der Waals surface area contributed by atoms with Crippen molar-refractivity contribution in [2.24, 2.45) is 10.4 Å². The molecule has 0 amide bonds. The second kappa shape index (κ2) is 3.41. The van der Waals surface area contributed by atoms with E-state index in [1.165, 1.54) is 0 Å². The van der Waals surface area contributed by atoms with Gasteiger partial charge in [-0.1, -0.05) is 20.8 Å². The standard InChI is InChI=1S/C12H22N2/c1-11(2,3)10-7-8-13-9-14(10)12(4,5)6/h7-10H,1-6H3. The SMILES string of the molecule is CC(C)(C)C1C=CN=CN1C(C)(C)C. The molecule has 0 aliphatic carbocycles. The van der Waals surface area contributed by atoms with Crippen molar-refractivity contribution in [3.63, 3.8) is 0 Å². The maximum absolute atomic E-state index is 4.21. The van der Waals surface area contributed by atoms with E-state index in [0.29, 0.717) is 6.04 Å². The molecule has 0 aromatic carbocycles. The van der Waals surface area contributed by atoms with E-state index in [1.807, 2.05) is 12.5 Å².